The van der Waals surface area contributed by atoms with E-state index in [1.54, 1.807) is 0 Å². The Morgan fingerprint density at radius 2 is 2.06 bits per heavy atom. The van der Waals surface area contributed by atoms with Gasteiger partial charge in [-0.1, -0.05) is 6.42 Å². The van der Waals surface area contributed by atoms with Gasteiger partial charge in [-0.25, -0.2) is 10.4 Å². The third-order valence-corrected chi connectivity index (χ3v) is 4.37. The van der Waals surface area contributed by atoms with E-state index in [0.717, 1.165) is 13.1 Å². The maximum absolute atomic E-state index is 5.92. The predicted molar refractivity (Wildman–Crippen MR) is 74.1 cm³/mol. The summed E-state index contributed by atoms with van der Waals surface area (Å²) < 4.78 is 0. The fourth-order valence-electron chi connectivity index (χ4n) is 2.49. The Labute approximate surface area is 108 Å². The van der Waals surface area contributed by atoms with E-state index in [1.807, 2.05) is 11.3 Å². The number of nitrogens with zero attached hydrogens (tertiary/aromatic N) is 1. The van der Waals surface area contributed by atoms with Crippen LogP contribution in [0.2, 0.25) is 0 Å². The van der Waals surface area contributed by atoms with Crippen LogP contribution in [-0.2, 0) is 0 Å². The van der Waals surface area contributed by atoms with Crippen molar-refractivity contribution in [1.29, 1.82) is 0 Å². The normalized spacial score (nSPS) is 19.5. The highest BCUT2D eigenvalue weighted by atomic mass is 32.1. The standard InChI is InChI=1S/C13H23N3S/c1-10-8-12(11(2)17-10)13(9-14)15-16-6-4-3-5-7-16/h8,13,15H,3-7,9,14H2,1-2H3. The van der Waals surface area contributed by atoms with E-state index in [9.17, 15) is 0 Å². The second kappa shape index (κ2) is 5.96. The molecule has 2 heterocycles. The van der Waals surface area contributed by atoms with Crippen LogP contribution in [0.25, 0.3) is 0 Å². The molecule has 1 atom stereocenters. The molecule has 4 heteroatoms. The van der Waals surface area contributed by atoms with E-state index in [1.165, 1.54) is 34.6 Å². The summed E-state index contributed by atoms with van der Waals surface area (Å²) in [6, 6.07) is 2.55. The lowest BCUT2D eigenvalue weighted by molar-refractivity contribution is 0.130. The fraction of sp³-hybridized carbons (Fsp3) is 0.692. The van der Waals surface area contributed by atoms with Crippen LogP contribution in [0.15, 0.2) is 6.07 Å². The molecule has 0 spiro atoms. The zero-order chi connectivity index (χ0) is 12.3. The summed E-state index contributed by atoms with van der Waals surface area (Å²) in [4.78, 5) is 2.76. The Kier molecular flexibility index (Phi) is 4.56. The molecule has 0 radical (unpaired) electrons. The third-order valence-electron chi connectivity index (χ3n) is 3.38. The summed E-state index contributed by atoms with van der Waals surface area (Å²) in [5, 5.41) is 2.34. The van der Waals surface area contributed by atoms with Crippen molar-refractivity contribution < 1.29 is 0 Å². The van der Waals surface area contributed by atoms with E-state index in [2.05, 4.69) is 30.3 Å². The van der Waals surface area contributed by atoms with Crippen LogP contribution >= 0.6 is 11.3 Å². The number of hydrazine groups is 1. The Hall–Kier alpha value is -0.420. The Bertz CT molecular complexity index is 356. The molecule has 1 unspecified atom stereocenters. The SMILES string of the molecule is Cc1cc(C(CN)NN2CCCCC2)c(C)s1. The molecule has 0 amide bonds. The Morgan fingerprint density at radius 3 is 2.59 bits per heavy atom. The maximum atomic E-state index is 5.92. The topological polar surface area (TPSA) is 41.3 Å². The van der Waals surface area contributed by atoms with Gasteiger partial charge in [-0.3, -0.25) is 0 Å². The molecule has 0 aliphatic carbocycles. The molecule has 1 aliphatic heterocycles. The summed E-state index contributed by atoms with van der Waals surface area (Å²) in [5.41, 5.74) is 10.9. The average Bonchev–Trinajstić information content (AvgIpc) is 2.67. The minimum atomic E-state index is 0.276. The van der Waals surface area contributed by atoms with Gasteiger partial charge >= 0.3 is 0 Å². The number of nitrogens with one attached hydrogen (secondary N) is 1. The van der Waals surface area contributed by atoms with Crippen molar-refractivity contribution in [3.63, 3.8) is 0 Å². The largest absolute Gasteiger partial charge is 0.329 e. The first-order chi connectivity index (χ1) is 8.20. The van der Waals surface area contributed by atoms with Crippen LogP contribution in [0.5, 0.6) is 0 Å². The molecule has 3 nitrogen and oxygen atoms in total. The molecule has 0 aromatic carbocycles. The second-order valence-corrected chi connectivity index (χ2v) is 6.29. The van der Waals surface area contributed by atoms with Gasteiger partial charge in [-0.05, 0) is 38.3 Å². The van der Waals surface area contributed by atoms with Crippen LogP contribution in [0.3, 0.4) is 0 Å². The van der Waals surface area contributed by atoms with E-state index in [0.29, 0.717) is 6.54 Å². The minimum Gasteiger partial charge on any atom is -0.329 e. The first kappa shape index (κ1) is 13.0. The summed E-state index contributed by atoms with van der Waals surface area (Å²) in [7, 11) is 0. The Balaban J connectivity index is 2.02. The first-order valence-electron chi connectivity index (χ1n) is 6.49. The molecule has 96 valence electrons. The van der Waals surface area contributed by atoms with Crippen molar-refractivity contribution in [2.45, 2.75) is 39.2 Å². The molecule has 0 saturated carbocycles. The summed E-state index contributed by atoms with van der Waals surface area (Å²) in [6.45, 7) is 7.31. The first-order valence-corrected chi connectivity index (χ1v) is 7.30. The number of piperidine rings is 1. The minimum absolute atomic E-state index is 0.276. The van der Waals surface area contributed by atoms with Crippen molar-refractivity contribution in [1.82, 2.24) is 10.4 Å². The smallest absolute Gasteiger partial charge is 0.0597 e. The van der Waals surface area contributed by atoms with E-state index < -0.39 is 0 Å². The van der Waals surface area contributed by atoms with Gasteiger partial charge in [-0.2, -0.15) is 0 Å². The number of rotatable bonds is 4. The summed E-state index contributed by atoms with van der Waals surface area (Å²) in [6.07, 6.45) is 3.96. The monoisotopic (exact) mass is 253 g/mol. The number of aryl methyl sites for hydroxylation is 2. The molecule has 3 N–H and O–H groups in total. The number of hydrogen-bond donors (Lipinski definition) is 2. The van der Waals surface area contributed by atoms with Crippen molar-refractivity contribution in [3.8, 4) is 0 Å². The van der Waals surface area contributed by atoms with Crippen molar-refractivity contribution in [3.05, 3.63) is 21.4 Å². The van der Waals surface area contributed by atoms with E-state index in [4.69, 9.17) is 5.73 Å². The van der Waals surface area contributed by atoms with Gasteiger partial charge in [0.1, 0.15) is 0 Å². The van der Waals surface area contributed by atoms with Crippen LogP contribution < -0.4 is 11.2 Å². The molecular formula is C13H23N3S. The van der Waals surface area contributed by atoms with Crippen molar-refractivity contribution in [2.75, 3.05) is 19.6 Å². The lowest BCUT2D eigenvalue weighted by Gasteiger charge is -2.31. The van der Waals surface area contributed by atoms with E-state index >= 15 is 0 Å². The molecule has 17 heavy (non-hydrogen) atoms. The maximum Gasteiger partial charge on any atom is 0.0597 e. The molecule has 1 aromatic heterocycles. The van der Waals surface area contributed by atoms with E-state index in [-0.39, 0.29) is 6.04 Å². The molecule has 1 fully saturated rings. The lowest BCUT2D eigenvalue weighted by Crippen LogP contribution is -2.45. The van der Waals surface area contributed by atoms with Gasteiger partial charge in [0.2, 0.25) is 0 Å². The summed E-state index contributed by atoms with van der Waals surface area (Å²) >= 11 is 1.86. The number of hydrogen-bond acceptors (Lipinski definition) is 4. The quantitative estimate of drug-likeness (QED) is 0.865. The van der Waals surface area contributed by atoms with Gasteiger partial charge in [-0.15, -0.1) is 11.3 Å². The number of nitrogens with two attached hydrogens (primary N) is 1. The molecule has 1 aliphatic rings. The predicted octanol–water partition coefficient (Wildman–Crippen LogP) is 2.36. The Morgan fingerprint density at radius 1 is 1.35 bits per heavy atom. The van der Waals surface area contributed by atoms with Gasteiger partial charge < -0.3 is 5.73 Å². The molecule has 1 aromatic rings. The highest BCUT2D eigenvalue weighted by Crippen LogP contribution is 2.26. The zero-order valence-electron chi connectivity index (χ0n) is 10.8. The second-order valence-electron chi connectivity index (χ2n) is 4.83. The third kappa shape index (κ3) is 3.28. The van der Waals surface area contributed by atoms with Crippen LogP contribution in [-0.4, -0.2) is 24.6 Å². The van der Waals surface area contributed by atoms with Crippen molar-refractivity contribution in [2.24, 2.45) is 5.73 Å². The van der Waals surface area contributed by atoms with Crippen LogP contribution in [0, 0.1) is 13.8 Å². The van der Waals surface area contributed by atoms with Gasteiger partial charge in [0.25, 0.3) is 0 Å². The fourth-order valence-corrected chi connectivity index (χ4v) is 3.48. The molecule has 1 saturated heterocycles. The molecular weight excluding hydrogens is 230 g/mol. The average molecular weight is 253 g/mol. The summed E-state index contributed by atoms with van der Waals surface area (Å²) in [5.74, 6) is 0. The lowest BCUT2D eigenvalue weighted by atomic mass is 10.1. The zero-order valence-corrected chi connectivity index (χ0v) is 11.6. The number of thiophene rings is 1. The van der Waals surface area contributed by atoms with Crippen LogP contribution in [0.1, 0.15) is 40.6 Å². The highest BCUT2D eigenvalue weighted by Gasteiger charge is 2.18. The van der Waals surface area contributed by atoms with Crippen LogP contribution in [0.4, 0.5) is 0 Å². The van der Waals surface area contributed by atoms with Crippen molar-refractivity contribution >= 4 is 11.3 Å². The van der Waals surface area contributed by atoms with Gasteiger partial charge in [0.05, 0.1) is 6.04 Å². The molecule has 0 bridgehead atoms. The van der Waals surface area contributed by atoms with Gasteiger partial charge in [0, 0.05) is 29.4 Å². The highest BCUT2D eigenvalue weighted by molar-refractivity contribution is 7.12. The molecule has 2 rings (SSSR count). The van der Waals surface area contributed by atoms with Gasteiger partial charge in [0.15, 0.2) is 0 Å².